The van der Waals surface area contributed by atoms with Gasteiger partial charge in [0.2, 0.25) is 0 Å². The molecular formula is C15H21F2N. The molecule has 1 saturated carbocycles. The SMILES string of the molecule is CC1CCC(N)(Cc2ccc(F)cc2F)C(C)C1. The van der Waals surface area contributed by atoms with E-state index >= 15 is 0 Å². The maximum atomic E-state index is 13.7. The predicted molar refractivity (Wildman–Crippen MR) is 69.2 cm³/mol. The molecule has 3 unspecified atom stereocenters. The first-order valence-electron chi connectivity index (χ1n) is 6.63. The van der Waals surface area contributed by atoms with E-state index in [1.807, 2.05) is 0 Å². The van der Waals surface area contributed by atoms with Crippen molar-refractivity contribution < 1.29 is 8.78 Å². The first kappa shape index (κ1) is 13.5. The number of nitrogens with two attached hydrogens (primary N) is 1. The fourth-order valence-corrected chi connectivity index (χ4v) is 3.00. The van der Waals surface area contributed by atoms with Crippen molar-refractivity contribution in [2.75, 3.05) is 0 Å². The molecule has 1 aromatic rings. The second-order valence-electron chi connectivity index (χ2n) is 5.93. The van der Waals surface area contributed by atoms with Crippen LogP contribution in [0.3, 0.4) is 0 Å². The summed E-state index contributed by atoms with van der Waals surface area (Å²) in [5.74, 6) is 0.0405. The van der Waals surface area contributed by atoms with Gasteiger partial charge in [-0.1, -0.05) is 19.9 Å². The van der Waals surface area contributed by atoms with Gasteiger partial charge in [-0.25, -0.2) is 8.78 Å². The van der Waals surface area contributed by atoms with Gasteiger partial charge in [-0.05, 0) is 49.1 Å². The zero-order chi connectivity index (χ0) is 13.3. The molecule has 0 aliphatic heterocycles. The van der Waals surface area contributed by atoms with Gasteiger partial charge in [0.25, 0.3) is 0 Å². The van der Waals surface area contributed by atoms with E-state index < -0.39 is 11.6 Å². The van der Waals surface area contributed by atoms with Gasteiger partial charge in [-0.15, -0.1) is 0 Å². The normalized spacial score (nSPS) is 32.5. The second-order valence-corrected chi connectivity index (χ2v) is 5.93. The molecular weight excluding hydrogens is 232 g/mol. The molecule has 3 heteroatoms. The Kier molecular flexibility index (Phi) is 3.71. The van der Waals surface area contributed by atoms with E-state index in [9.17, 15) is 8.78 Å². The van der Waals surface area contributed by atoms with Gasteiger partial charge >= 0.3 is 0 Å². The van der Waals surface area contributed by atoms with Gasteiger partial charge in [0.15, 0.2) is 0 Å². The van der Waals surface area contributed by atoms with Crippen molar-refractivity contribution in [3.8, 4) is 0 Å². The molecule has 1 nitrogen and oxygen atoms in total. The van der Waals surface area contributed by atoms with Gasteiger partial charge in [-0.3, -0.25) is 0 Å². The Hall–Kier alpha value is -0.960. The van der Waals surface area contributed by atoms with E-state index in [4.69, 9.17) is 5.73 Å². The highest BCUT2D eigenvalue weighted by Crippen LogP contribution is 2.37. The first-order valence-corrected chi connectivity index (χ1v) is 6.63. The average molecular weight is 253 g/mol. The number of benzene rings is 1. The molecule has 0 heterocycles. The van der Waals surface area contributed by atoms with Gasteiger partial charge in [0.1, 0.15) is 11.6 Å². The quantitative estimate of drug-likeness (QED) is 0.855. The van der Waals surface area contributed by atoms with Crippen LogP contribution < -0.4 is 5.73 Å². The average Bonchev–Trinajstić information content (AvgIpc) is 2.29. The third-order valence-electron chi connectivity index (χ3n) is 4.37. The van der Waals surface area contributed by atoms with Crippen molar-refractivity contribution in [2.45, 2.75) is 45.1 Å². The van der Waals surface area contributed by atoms with Gasteiger partial charge in [0.05, 0.1) is 0 Å². The van der Waals surface area contributed by atoms with Crippen LogP contribution in [-0.2, 0) is 6.42 Å². The summed E-state index contributed by atoms with van der Waals surface area (Å²) < 4.78 is 26.6. The number of hydrogen-bond donors (Lipinski definition) is 1. The maximum Gasteiger partial charge on any atom is 0.129 e. The zero-order valence-corrected chi connectivity index (χ0v) is 11.0. The molecule has 0 saturated heterocycles. The van der Waals surface area contributed by atoms with E-state index in [0.29, 0.717) is 23.8 Å². The lowest BCUT2D eigenvalue weighted by Gasteiger charge is -2.42. The van der Waals surface area contributed by atoms with Crippen LogP contribution in [0.25, 0.3) is 0 Å². The van der Waals surface area contributed by atoms with E-state index in [0.717, 1.165) is 25.3 Å². The lowest BCUT2D eigenvalue weighted by Crippen LogP contribution is -2.51. The molecule has 0 radical (unpaired) electrons. The molecule has 3 atom stereocenters. The lowest BCUT2D eigenvalue weighted by molar-refractivity contribution is 0.162. The Morgan fingerprint density at radius 3 is 2.67 bits per heavy atom. The highest BCUT2D eigenvalue weighted by Gasteiger charge is 2.37. The van der Waals surface area contributed by atoms with E-state index in [2.05, 4.69) is 13.8 Å². The summed E-state index contributed by atoms with van der Waals surface area (Å²) in [4.78, 5) is 0. The summed E-state index contributed by atoms with van der Waals surface area (Å²) >= 11 is 0. The third-order valence-corrected chi connectivity index (χ3v) is 4.37. The molecule has 0 spiro atoms. The van der Waals surface area contributed by atoms with Crippen LogP contribution in [0.15, 0.2) is 18.2 Å². The van der Waals surface area contributed by atoms with E-state index in [1.165, 1.54) is 12.1 Å². The fraction of sp³-hybridized carbons (Fsp3) is 0.600. The first-order chi connectivity index (χ1) is 8.40. The molecule has 100 valence electrons. The van der Waals surface area contributed by atoms with Crippen molar-refractivity contribution in [3.63, 3.8) is 0 Å². The van der Waals surface area contributed by atoms with Crippen LogP contribution in [0.4, 0.5) is 8.78 Å². The summed E-state index contributed by atoms with van der Waals surface area (Å²) in [5, 5.41) is 0. The second kappa shape index (κ2) is 4.96. The van der Waals surface area contributed by atoms with Gasteiger partial charge < -0.3 is 5.73 Å². The molecule has 2 rings (SSSR count). The molecule has 1 aromatic carbocycles. The molecule has 1 aliphatic carbocycles. The summed E-state index contributed by atoms with van der Waals surface area (Å²) in [7, 11) is 0. The van der Waals surface area contributed by atoms with Gasteiger partial charge in [-0.2, -0.15) is 0 Å². The smallest absolute Gasteiger partial charge is 0.129 e. The Balaban J connectivity index is 2.17. The van der Waals surface area contributed by atoms with Crippen molar-refractivity contribution in [1.82, 2.24) is 0 Å². The van der Waals surface area contributed by atoms with Crippen LogP contribution in [0.2, 0.25) is 0 Å². The van der Waals surface area contributed by atoms with Crippen molar-refractivity contribution in [2.24, 2.45) is 17.6 Å². The molecule has 18 heavy (non-hydrogen) atoms. The minimum atomic E-state index is -0.535. The number of hydrogen-bond acceptors (Lipinski definition) is 1. The molecule has 1 fully saturated rings. The molecule has 2 N–H and O–H groups in total. The largest absolute Gasteiger partial charge is 0.325 e. The van der Waals surface area contributed by atoms with Crippen LogP contribution in [0.1, 0.15) is 38.7 Å². The summed E-state index contributed by atoms with van der Waals surface area (Å²) in [6.07, 6.45) is 3.57. The Morgan fingerprint density at radius 1 is 1.33 bits per heavy atom. The Labute approximate surface area is 107 Å². The van der Waals surface area contributed by atoms with Crippen molar-refractivity contribution in [3.05, 3.63) is 35.4 Å². The van der Waals surface area contributed by atoms with Crippen molar-refractivity contribution in [1.29, 1.82) is 0 Å². The van der Waals surface area contributed by atoms with E-state index in [-0.39, 0.29) is 5.54 Å². The summed E-state index contributed by atoms with van der Waals surface area (Å²) in [5.41, 5.74) is 6.62. The van der Waals surface area contributed by atoms with Crippen LogP contribution in [-0.4, -0.2) is 5.54 Å². The minimum Gasteiger partial charge on any atom is -0.325 e. The maximum absolute atomic E-state index is 13.7. The highest BCUT2D eigenvalue weighted by atomic mass is 19.1. The Bertz CT molecular complexity index is 433. The van der Waals surface area contributed by atoms with Crippen LogP contribution in [0.5, 0.6) is 0 Å². The lowest BCUT2D eigenvalue weighted by atomic mass is 9.68. The molecule has 0 bridgehead atoms. The number of halogens is 2. The third kappa shape index (κ3) is 2.72. The van der Waals surface area contributed by atoms with E-state index in [1.54, 1.807) is 0 Å². The molecule has 1 aliphatic rings. The van der Waals surface area contributed by atoms with Gasteiger partial charge in [0, 0.05) is 11.6 Å². The van der Waals surface area contributed by atoms with Crippen LogP contribution in [0, 0.1) is 23.5 Å². The van der Waals surface area contributed by atoms with Crippen LogP contribution >= 0.6 is 0 Å². The monoisotopic (exact) mass is 253 g/mol. The van der Waals surface area contributed by atoms with Crippen molar-refractivity contribution >= 4 is 0 Å². The topological polar surface area (TPSA) is 26.0 Å². The zero-order valence-electron chi connectivity index (χ0n) is 11.0. The standard InChI is InChI=1S/C15H21F2N/c1-10-5-6-15(18,11(2)7-10)9-12-3-4-13(16)8-14(12)17/h3-4,8,10-11H,5-7,9,18H2,1-2H3. The Morgan fingerprint density at radius 2 is 2.06 bits per heavy atom. The fourth-order valence-electron chi connectivity index (χ4n) is 3.00. The predicted octanol–water partition coefficient (Wildman–Crippen LogP) is 3.66. The summed E-state index contributed by atoms with van der Waals surface area (Å²) in [6, 6.07) is 3.76. The summed E-state index contributed by atoms with van der Waals surface area (Å²) in [6.45, 7) is 4.37. The number of rotatable bonds is 2. The molecule has 0 amide bonds. The minimum absolute atomic E-state index is 0.356. The molecule has 0 aromatic heterocycles. The highest BCUT2D eigenvalue weighted by molar-refractivity contribution is 5.21.